The Morgan fingerprint density at radius 3 is 2.64 bits per heavy atom. The standard InChI is InChI=1S/C28H23N7O/c1-18(19-7-3-2-4-8-19)31-28-29-14-13-26(34-28)35-17-30-23-16-21(11-12-25(23)35)32-27(36)24-15-20-9-5-6-10-22(20)33-24/h2-18,33H,1H3,(H,32,36)(H,29,31,34)/t18-/m0/s1. The number of nitrogens with one attached hydrogen (secondary N) is 3. The van der Waals surface area contributed by atoms with Crippen molar-refractivity contribution in [2.45, 2.75) is 13.0 Å². The zero-order chi connectivity index (χ0) is 24.5. The summed E-state index contributed by atoms with van der Waals surface area (Å²) >= 11 is 0. The molecule has 36 heavy (non-hydrogen) atoms. The Morgan fingerprint density at radius 1 is 0.944 bits per heavy atom. The predicted molar refractivity (Wildman–Crippen MR) is 141 cm³/mol. The van der Waals surface area contributed by atoms with E-state index in [2.05, 4.69) is 49.6 Å². The van der Waals surface area contributed by atoms with Gasteiger partial charge in [-0.3, -0.25) is 9.36 Å². The average Bonchev–Trinajstić information content (AvgIpc) is 3.54. The molecule has 0 saturated heterocycles. The Hall–Kier alpha value is -4.98. The van der Waals surface area contributed by atoms with Gasteiger partial charge in [-0.15, -0.1) is 0 Å². The second kappa shape index (κ2) is 8.99. The number of carbonyl (C=O) groups is 1. The number of benzene rings is 3. The summed E-state index contributed by atoms with van der Waals surface area (Å²) in [4.78, 5) is 29.5. The van der Waals surface area contributed by atoms with Crippen molar-refractivity contribution >= 4 is 39.5 Å². The fourth-order valence-electron chi connectivity index (χ4n) is 4.24. The third-order valence-electron chi connectivity index (χ3n) is 6.11. The van der Waals surface area contributed by atoms with Gasteiger partial charge in [0, 0.05) is 22.8 Å². The van der Waals surface area contributed by atoms with E-state index < -0.39 is 0 Å². The van der Waals surface area contributed by atoms with Crippen LogP contribution in [0.3, 0.4) is 0 Å². The SMILES string of the molecule is C[C@H](Nc1nccc(-n2cnc3cc(NC(=O)c4cc5ccccc5[nH]4)ccc32)n1)c1ccccc1. The highest BCUT2D eigenvalue weighted by Gasteiger charge is 2.13. The Kier molecular flexibility index (Phi) is 5.38. The van der Waals surface area contributed by atoms with Gasteiger partial charge < -0.3 is 15.6 Å². The zero-order valence-electron chi connectivity index (χ0n) is 19.5. The molecule has 1 atom stereocenters. The number of hydrogen-bond donors (Lipinski definition) is 3. The van der Waals surface area contributed by atoms with E-state index in [0.717, 1.165) is 27.5 Å². The lowest BCUT2D eigenvalue weighted by Crippen LogP contribution is -2.12. The topological polar surface area (TPSA) is 101 Å². The van der Waals surface area contributed by atoms with Crippen LogP contribution in [0.5, 0.6) is 0 Å². The molecule has 1 amide bonds. The van der Waals surface area contributed by atoms with Crippen molar-refractivity contribution in [3.63, 3.8) is 0 Å². The van der Waals surface area contributed by atoms with E-state index in [-0.39, 0.29) is 11.9 Å². The minimum Gasteiger partial charge on any atom is -0.351 e. The Bertz CT molecular complexity index is 1650. The molecule has 0 aliphatic rings. The zero-order valence-corrected chi connectivity index (χ0v) is 19.5. The first-order valence-electron chi connectivity index (χ1n) is 11.7. The first kappa shape index (κ1) is 21.5. The van der Waals surface area contributed by atoms with Gasteiger partial charge in [0.25, 0.3) is 5.91 Å². The van der Waals surface area contributed by atoms with Crippen LogP contribution >= 0.6 is 0 Å². The Labute approximate surface area is 207 Å². The molecule has 8 heteroatoms. The molecule has 3 heterocycles. The number of aromatic nitrogens is 5. The molecule has 3 N–H and O–H groups in total. The van der Waals surface area contributed by atoms with Crippen LogP contribution in [0.4, 0.5) is 11.6 Å². The fraction of sp³-hybridized carbons (Fsp3) is 0.0714. The highest BCUT2D eigenvalue weighted by molar-refractivity contribution is 6.06. The number of imidazole rings is 1. The number of carbonyl (C=O) groups excluding carboxylic acids is 1. The molecule has 0 aliphatic heterocycles. The van der Waals surface area contributed by atoms with E-state index in [1.54, 1.807) is 12.5 Å². The molecule has 0 radical (unpaired) electrons. The van der Waals surface area contributed by atoms with Crippen LogP contribution < -0.4 is 10.6 Å². The molecule has 0 saturated carbocycles. The molecule has 0 aliphatic carbocycles. The van der Waals surface area contributed by atoms with Crippen molar-refractivity contribution in [3.8, 4) is 5.82 Å². The summed E-state index contributed by atoms with van der Waals surface area (Å²) in [7, 11) is 0. The lowest BCUT2D eigenvalue weighted by atomic mass is 10.1. The molecule has 176 valence electrons. The van der Waals surface area contributed by atoms with E-state index in [1.807, 2.05) is 77.4 Å². The number of H-pyrrole nitrogens is 1. The van der Waals surface area contributed by atoms with Gasteiger partial charge in [0.1, 0.15) is 17.8 Å². The highest BCUT2D eigenvalue weighted by atomic mass is 16.1. The van der Waals surface area contributed by atoms with Gasteiger partial charge in [0.15, 0.2) is 0 Å². The van der Waals surface area contributed by atoms with Crippen molar-refractivity contribution in [3.05, 3.63) is 109 Å². The second-order valence-corrected chi connectivity index (χ2v) is 8.56. The van der Waals surface area contributed by atoms with Crippen LogP contribution in [0.15, 0.2) is 97.5 Å². The van der Waals surface area contributed by atoms with Crippen molar-refractivity contribution in [2.75, 3.05) is 10.6 Å². The second-order valence-electron chi connectivity index (χ2n) is 8.56. The summed E-state index contributed by atoms with van der Waals surface area (Å²) < 4.78 is 1.90. The molecule has 8 nitrogen and oxygen atoms in total. The first-order valence-corrected chi connectivity index (χ1v) is 11.7. The summed E-state index contributed by atoms with van der Waals surface area (Å²) in [5.74, 6) is 1.03. The predicted octanol–water partition coefficient (Wildman–Crippen LogP) is 5.72. The number of aromatic amines is 1. The van der Waals surface area contributed by atoms with Crippen LogP contribution in [-0.4, -0.2) is 30.4 Å². The highest BCUT2D eigenvalue weighted by Crippen LogP contribution is 2.23. The summed E-state index contributed by atoms with van der Waals surface area (Å²) in [6.45, 7) is 2.07. The van der Waals surface area contributed by atoms with Gasteiger partial charge in [0.2, 0.25) is 5.95 Å². The molecule has 6 rings (SSSR count). The van der Waals surface area contributed by atoms with Crippen LogP contribution in [0.1, 0.15) is 29.0 Å². The smallest absolute Gasteiger partial charge is 0.272 e. The van der Waals surface area contributed by atoms with E-state index in [0.29, 0.717) is 23.1 Å². The Balaban J connectivity index is 1.22. The number of anilines is 2. The fourth-order valence-corrected chi connectivity index (χ4v) is 4.24. The quantitative estimate of drug-likeness (QED) is 0.287. The average molecular weight is 474 g/mol. The lowest BCUT2D eigenvalue weighted by molar-refractivity contribution is 0.102. The Morgan fingerprint density at radius 2 is 1.78 bits per heavy atom. The maximum atomic E-state index is 12.8. The molecule has 6 aromatic rings. The number of rotatable bonds is 6. The van der Waals surface area contributed by atoms with Crippen LogP contribution in [-0.2, 0) is 0 Å². The molecular formula is C28H23N7O. The molecular weight excluding hydrogens is 450 g/mol. The molecule has 0 bridgehead atoms. The minimum absolute atomic E-state index is 0.0596. The van der Waals surface area contributed by atoms with Gasteiger partial charge in [-0.05, 0) is 48.9 Å². The van der Waals surface area contributed by atoms with Gasteiger partial charge in [0.05, 0.1) is 17.1 Å². The number of para-hydroxylation sites is 1. The van der Waals surface area contributed by atoms with Gasteiger partial charge in [-0.25, -0.2) is 9.97 Å². The molecule has 0 unspecified atom stereocenters. The normalized spacial score (nSPS) is 12.0. The van der Waals surface area contributed by atoms with Gasteiger partial charge in [-0.2, -0.15) is 4.98 Å². The van der Waals surface area contributed by atoms with Gasteiger partial charge in [-0.1, -0.05) is 48.5 Å². The lowest BCUT2D eigenvalue weighted by Gasteiger charge is -2.14. The minimum atomic E-state index is -0.205. The number of hydrogen-bond acceptors (Lipinski definition) is 5. The monoisotopic (exact) mass is 473 g/mol. The number of fused-ring (bicyclic) bond motifs is 2. The number of amides is 1. The van der Waals surface area contributed by atoms with Crippen molar-refractivity contribution in [1.29, 1.82) is 0 Å². The van der Waals surface area contributed by atoms with Crippen LogP contribution in [0, 0.1) is 0 Å². The molecule has 0 fully saturated rings. The third kappa shape index (κ3) is 4.16. The summed E-state index contributed by atoms with van der Waals surface area (Å²) in [5.41, 5.74) is 4.87. The molecule has 3 aromatic heterocycles. The van der Waals surface area contributed by atoms with E-state index in [4.69, 9.17) is 0 Å². The van der Waals surface area contributed by atoms with Crippen LogP contribution in [0.2, 0.25) is 0 Å². The largest absolute Gasteiger partial charge is 0.351 e. The molecule has 3 aromatic carbocycles. The van der Waals surface area contributed by atoms with E-state index in [9.17, 15) is 4.79 Å². The van der Waals surface area contributed by atoms with Crippen molar-refractivity contribution in [2.24, 2.45) is 0 Å². The maximum absolute atomic E-state index is 12.8. The van der Waals surface area contributed by atoms with Gasteiger partial charge >= 0.3 is 0 Å². The third-order valence-corrected chi connectivity index (χ3v) is 6.11. The summed E-state index contributed by atoms with van der Waals surface area (Å²) in [6, 6.07) is 27.3. The number of nitrogens with zero attached hydrogens (tertiary/aromatic N) is 4. The van der Waals surface area contributed by atoms with Crippen molar-refractivity contribution < 1.29 is 4.79 Å². The van der Waals surface area contributed by atoms with E-state index in [1.165, 1.54) is 0 Å². The first-order chi connectivity index (χ1) is 17.6. The van der Waals surface area contributed by atoms with Crippen LogP contribution in [0.25, 0.3) is 27.8 Å². The van der Waals surface area contributed by atoms with Crippen molar-refractivity contribution in [1.82, 2.24) is 24.5 Å². The maximum Gasteiger partial charge on any atom is 0.272 e. The molecule has 0 spiro atoms. The summed E-state index contributed by atoms with van der Waals surface area (Å²) in [6.07, 6.45) is 3.45. The summed E-state index contributed by atoms with van der Waals surface area (Å²) in [5, 5.41) is 7.30. The van der Waals surface area contributed by atoms with E-state index >= 15 is 0 Å².